The van der Waals surface area contributed by atoms with Crippen molar-refractivity contribution in [1.29, 1.82) is 5.26 Å². The smallest absolute Gasteiger partial charge is 0.121 e. The maximum absolute atomic E-state index is 10.4. The van der Waals surface area contributed by atoms with Gasteiger partial charge in [0, 0.05) is 31.7 Å². The van der Waals surface area contributed by atoms with Gasteiger partial charge in [-0.05, 0) is 16.8 Å². The highest BCUT2D eigenvalue weighted by Crippen LogP contribution is 2.37. The molecule has 4 heteroatoms. The van der Waals surface area contributed by atoms with E-state index in [4.69, 9.17) is 0 Å². The van der Waals surface area contributed by atoms with E-state index in [9.17, 15) is 10.4 Å². The van der Waals surface area contributed by atoms with Gasteiger partial charge in [-0.1, -0.05) is 30.3 Å². The Morgan fingerprint density at radius 3 is 2.71 bits per heavy atom. The Labute approximate surface area is 124 Å². The summed E-state index contributed by atoms with van der Waals surface area (Å²) >= 11 is 0. The van der Waals surface area contributed by atoms with Gasteiger partial charge in [-0.15, -0.1) is 0 Å². The number of rotatable bonds is 3. The molecular weight excluding hydrogens is 262 g/mol. The normalized spacial score (nSPS) is 17.5. The third kappa shape index (κ3) is 2.71. The van der Waals surface area contributed by atoms with Crippen molar-refractivity contribution >= 4 is 10.8 Å². The minimum absolute atomic E-state index is 0.0526. The summed E-state index contributed by atoms with van der Waals surface area (Å²) in [6, 6.07) is 13.9. The van der Waals surface area contributed by atoms with Crippen molar-refractivity contribution < 1.29 is 5.11 Å². The molecule has 2 N–H and O–H groups in total. The molecule has 0 saturated carbocycles. The van der Waals surface area contributed by atoms with Gasteiger partial charge in [-0.25, -0.2) is 0 Å². The second kappa shape index (κ2) is 6.13. The molecule has 3 rings (SSSR count). The van der Waals surface area contributed by atoms with E-state index in [1.54, 1.807) is 6.07 Å². The lowest BCUT2D eigenvalue weighted by Crippen LogP contribution is -2.45. The molecule has 1 heterocycles. The lowest BCUT2D eigenvalue weighted by molar-refractivity contribution is 0.174. The van der Waals surface area contributed by atoms with E-state index in [0.717, 1.165) is 42.5 Å². The molecule has 0 spiro atoms. The first-order valence-electron chi connectivity index (χ1n) is 7.33. The van der Waals surface area contributed by atoms with E-state index in [0.29, 0.717) is 6.42 Å². The van der Waals surface area contributed by atoms with Crippen LogP contribution in [-0.2, 0) is 0 Å². The number of hydrogen-bond donors (Lipinski definition) is 2. The van der Waals surface area contributed by atoms with Crippen LogP contribution in [0.1, 0.15) is 18.0 Å². The molecule has 0 amide bonds. The molecular formula is C17H19N3O. The summed E-state index contributed by atoms with van der Waals surface area (Å²) in [7, 11) is 0. The molecule has 1 aliphatic heterocycles. The average Bonchev–Trinajstić information content (AvgIpc) is 2.54. The van der Waals surface area contributed by atoms with Crippen LogP contribution in [-0.4, -0.2) is 36.2 Å². The summed E-state index contributed by atoms with van der Waals surface area (Å²) in [5.41, 5.74) is 0.886. The number of piperazine rings is 1. The SMILES string of the molecule is N#CC[C@H](c1c(O)ccc2ccccc12)N1CCNCC1. The number of phenolic OH excluding ortho intramolecular Hbond substituents is 1. The molecule has 4 nitrogen and oxygen atoms in total. The van der Waals surface area contributed by atoms with Gasteiger partial charge in [0.15, 0.2) is 0 Å². The van der Waals surface area contributed by atoms with Crippen LogP contribution in [0.5, 0.6) is 5.75 Å². The first-order chi connectivity index (χ1) is 10.3. The first kappa shape index (κ1) is 13.9. The fraction of sp³-hybridized carbons (Fsp3) is 0.353. The number of benzene rings is 2. The summed E-state index contributed by atoms with van der Waals surface area (Å²) in [4.78, 5) is 2.29. The van der Waals surface area contributed by atoms with Crippen molar-refractivity contribution in [2.45, 2.75) is 12.5 Å². The van der Waals surface area contributed by atoms with Crippen LogP contribution in [0, 0.1) is 11.3 Å². The summed E-state index contributed by atoms with van der Waals surface area (Å²) in [5.74, 6) is 0.285. The third-order valence-electron chi connectivity index (χ3n) is 4.16. The van der Waals surface area contributed by atoms with Gasteiger partial charge in [0.2, 0.25) is 0 Å². The van der Waals surface area contributed by atoms with E-state index in [1.807, 2.05) is 30.3 Å². The number of nitrogens with one attached hydrogen (secondary N) is 1. The second-order valence-electron chi connectivity index (χ2n) is 5.38. The first-order valence-corrected chi connectivity index (χ1v) is 7.33. The molecule has 0 aliphatic carbocycles. The molecule has 0 unspecified atom stereocenters. The standard InChI is InChI=1S/C17H19N3O/c18-8-7-15(20-11-9-19-10-12-20)17-14-4-2-1-3-13(14)5-6-16(17)21/h1-6,15,19,21H,7,9-12H2/t15-/m1/s1. The van der Waals surface area contributed by atoms with Crippen LogP contribution in [0.15, 0.2) is 36.4 Å². The fourth-order valence-corrected chi connectivity index (χ4v) is 3.13. The fourth-order valence-electron chi connectivity index (χ4n) is 3.13. The van der Waals surface area contributed by atoms with Crippen LogP contribution in [0.2, 0.25) is 0 Å². The van der Waals surface area contributed by atoms with Gasteiger partial charge >= 0.3 is 0 Å². The Morgan fingerprint density at radius 2 is 1.95 bits per heavy atom. The Morgan fingerprint density at radius 1 is 1.19 bits per heavy atom. The largest absolute Gasteiger partial charge is 0.508 e. The summed E-state index contributed by atoms with van der Waals surface area (Å²) in [5, 5.41) is 25.1. The molecule has 1 saturated heterocycles. The molecule has 21 heavy (non-hydrogen) atoms. The average molecular weight is 281 g/mol. The Hall–Kier alpha value is -2.09. The van der Waals surface area contributed by atoms with E-state index in [2.05, 4.69) is 16.3 Å². The summed E-state index contributed by atoms with van der Waals surface area (Å²) < 4.78 is 0. The Balaban J connectivity index is 2.10. The number of nitriles is 1. The molecule has 0 bridgehead atoms. The van der Waals surface area contributed by atoms with Crippen LogP contribution in [0.4, 0.5) is 0 Å². The summed E-state index contributed by atoms with van der Waals surface area (Å²) in [6.07, 6.45) is 0.390. The molecule has 2 aromatic rings. The van der Waals surface area contributed by atoms with Crippen LogP contribution in [0.3, 0.4) is 0 Å². The van der Waals surface area contributed by atoms with E-state index in [1.165, 1.54) is 0 Å². The van der Waals surface area contributed by atoms with Crippen LogP contribution < -0.4 is 5.32 Å². The maximum Gasteiger partial charge on any atom is 0.121 e. The molecule has 108 valence electrons. The molecule has 0 aromatic heterocycles. The molecule has 1 fully saturated rings. The number of fused-ring (bicyclic) bond motifs is 1. The van der Waals surface area contributed by atoms with Gasteiger partial charge in [0.05, 0.1) is 18.5 Å². The van der Waals surface area contributed by atoms with Crippen LogP contribution >= 0.6 is 0 Å². The van der Waals surface area contributed by atoms with E-state index in [-0.39, 0.29) is 11.8 Å². The van der Waals surface area contributed by atoms with Crippen molar-refractivity contribution in [3.63, 3.8) is 0 Å². The number of hydrogen-bond acceptors (Lipinski definition) is 4. The van der Waals surface area contributed by atoms with Crippen molar-refractivity contribution in [2.24, 2.45) is 0 Å². The molecule has 2 aromatic carbocycles. The highest BCUT2D eigenvalue weighted by Gasteiger charge is 2.25. The summed E-state index contributed by atoms with van der Waals surface area (Å²) in [6.45, 7) is 3.64. The van der Waals surface area contributed by atoms with Gasteiger partial charge in [0.25, 0.3) is 0 Å². The van der Waals surface area contributed by atoms with Crippen molar-refractivity contribution in [3.8, 4) is 11.8 Å². The number of nitrogens with zero attached hydrogens (tertiary/aromatic N) is 2. The minimum atomic E-state index is -0.0526. The van der Waals surface area contributed by atoms with E-state index < -0.39 is 0 Å². The second-order valence-corrected chi connectivity index (χ2v) is 5.38. The van der Waals surface area contributed by atoms with Gasteiger partial charge in [-0.2, -0.15) is 5.26 Å². The topological polar surface area (TPSA) is 59.3 Å². The third-order valence-corrected chi connectivity index (χ3v) is 4.16. The van der Waals surface area contributed by atoms with Crippen molar-refractivity contribution in [2.75, 3.05) is 26.2 Å². The lowest BCUT2D eigenvalue weighted by atomic mass is 9.94. The quantitative estimate of drug-likeness (QED) is 0.907. The minimum Gasteiger partial charge on any atom is -0.508 e. The number of phenols is 1. The zero-order valence-electron chi connectivity index (χ0n) is 11.9. The Bertz CT molecular complexity index is 671. The lowest BCUT2D eigenvalue weighted by Gasteiger charge is -2.34. The van der Waals surface area contributed by atoms with Gasteiger partial charge in [-0.3, -0.25) is 4.90 Å². The van der Waals surface area contributed by atoms with Gasteiger partial charge in [0.1, 0.15) is 5.75 Å². The van der Waals surface area contributed by atoms with Crippen LogP contribution in [0.25, 0.3) is 10.8 Å². The Kier molecular flexibility index (Phi) is 4.05. The molecule has 1 atom stereocenters. The predicted molar refractivity (Wildman–Crippen MR) is 83.0 cm³/mol. The monoisotopic (exact) mass is 281 g/mol. The van der Waals surface area contributed by atoms with Crippen molar-refractivity contribution in [3.05, 3.63) is 42.0 Å². The maximum atomic E-state index is 10.4. The zero-order valence-corrected chi connectivity index (χ0v) is 11.9. The number of aromatic hydroxyl groups is 1. The zero-order chi connectivity index (χ0) is 14.7. The van der Waals surface area contributed by atoms with Gasteiger partial charge < -0.3 is 10.4 Å². The predicted octanol–water partition coefficient (Wildman–Crippen LogP) is 2.41. The molecule has 1 aliphatic rings. The molecule has 0 radical (unpaired) electrons. The van der Waals surface area contributed by atoms with Crippen molar-refractivity contribution in [1.82, 2.24) is 10.2 Å². The highest BCUT2D eigenvalue weighted by molar-refractivity contribution is 5.88. The highest BCUT2D eigenvalue weighted by atomic mass is 16.3. The van der Waals surface area contributed by atoms with E-state index >= 15 is 0 Å².